The second-order valence-corrected chi connectivity index (χ2v) is 18.4. The average molecular weight is 880 g/mol. The van der Waals surface area contributed by atoms with E-state index in [-0.39, 0.29) is 0 Å². The molecule has 0 saturated heterocycles. The molecule has 1 spiro atoms. The van der Waals surface area contributed by atoms with Gasteiger partial charge in [-0.1, -0.05) is 170 Å². The van der Waals surface area contributed by atoms with Crippen molar-refractivity contribution in [3.63, 3.8) is 0 Å². The van der Waals surface area contributed by atoms with Crippen molar-refractivity contribution >= 4 is 83.9 Å². The summed E-state index contributed by atoms with van der Waals surface area (Å²) in [5.74, 6) is 0. The number of benzene rings is 11. The second kappa shape index (κ2) is 14.4. The Balaban J connectivity index is 0.982. The van der Waals surface area contributed by atoms with Crippen molar-refractivity contribution in [3.8, 4) is 22.3 Å². The summed E-state index contributed by atoms with van der Waals surface area (Å²) in [5, 5.41) is 4.65. The van der Waals surface area contributed by atoms with E-state index in [1.165, 1.54) is 72.3 Å². The lowest BCUT2D eigenvalue weighted by Gasteiger charge is -2.48. The van der Waals surface area contributed by atoms with Crippen LogP contribution in [0.1, 0.15) is 22.3 Å². The molecular weight excluding hydrogens is 839 g/mol. The van der Waals surface area contributed by atoms with Gasteiger partial charge in [0.2, 0.25) is 0 Å². The second-order valence-electron chi connectivity index (χ2n) is 18.4. The van der Waals surface area contributed by atoms with Crippen LogP contribution in [0.4, 0.5) is 51.2 Å². The number of hydrogen-bond donors (Lipinski definition) is 0. The number of hydrogen-bond acceptors (Lipinski definition) is 4. The highest BCUT2D eigenvalue weighted by Gasteiger charge is 2.53. The van der Waals surface area contributed by atoms with Gasteiger partial charge in [0, 0.05) is 50.2 Å². The van der Waals surface area contributed by atoms with E-state index in [0.29, 0.717) is 0 Å². The third kappa shape index (κ3) is 5.23. The molecule has 12 aromatic rings. The van der Waals surface area contributed by atoms with Crippen LogP contribution < -0.4 is 14.7 Å². The largest absolute Gasteiger partial charge is 0.454 e. The number of furan rings is 1. The summed E-state index contributed by atoms with van der Waals surface area (Å²) < 4.78 is 6.91. The highest BCUT2D eigenvalue weighted by molar-refractivity contribution is 6.18. The smallest absolute Gasteiger partial charge is 0.159 e. The van der Waals surface area contributed by atoms with Gasteiger partial charge in [0.25, 0.3) is 0 Å². The van der Waals surface area contributed by atoms with Gasteiger partial charge in [-0.05, 0) is 123 Å². The molecule has 0 fully saturated rings. The molecule has 2 aliphatic heterocycles. The number of nitrogens with zero attached hydrogens (tertiary/aromatic N) is 3. The van der Waals surface area contributed by atoms with E-state index in [1.807, 2.05) is 0 Å². The Morgan fingerprint density at radius 2 is 0.913 bits per heavy atom. The van der Waals surface area contributed by atoms with Crippen LogP contribution in [0.25, 0.3) is 55.0 Å². The van der Waals surface area contributed by atoms with Gasteiger partial charge in [0.15, 0.2) is 5.58 Å². The van der Waals surface area contributed by atoms with Gasteiger partial charge in [-0.15, -0.1) is 0 Å². The van der Waals surface area contributed by atoms with Crippen molar-refractivity contribution in [3.05, 3.63) is 271 Å². The molecule has 4 heteroatoms. The first kappa shape index (κ1) is 38.0. The maximum atomic E-state index is 6.91. The Kier molecular flexibility index (Phi) is 7.96. The fourth-order valence-corrected chi connectivity index (χ4v) is 12.2. The molecule has 322 valence electrons. The SMILES string of the molecule is c1ccc(N(c2ccc3c(c2)N2c4ccccc4-c4cccc5ccc(c2c45)C32c3ccccc3-c3ccccc32)c2ccc3oc4c(N(c5ccccc5)c5ccccc5)cccc4c3c2)cc1. The van der Waals surface area contributed by atoms with Crippen LogP contribution in [0, 0.1) is 0 Å². The van der Waals surface area contributed by atoms with E-state index in [2.05, 4.69) is 263 Å². The van der Waals surface area contributed by atoms with Gasteiger partial charge < -0.3 is 19.1 Å². The lowest BCUT2D eigenvalue weighted by atomic mass is 9.63. The van der Waals surface area contributed by atoms with Crippen molar-refractivity contribution in [2.24, 2.45) is 0 Å². The maximum absolute atomic E-state index is 6.91. The van der Waals surface area contributed by atoms with Crippen LogP contribution in [-0.2, 0) is 5.41 Å². The first-order valence-electron chi connectivity index (χ1n) is 23.8. The molecule has 0 radical (unpaired) electrons. The van der Waals surface area contributed by atoms with Crippen LogP contribution in [0.2, 0.25) is 0 Å². The monoisotopic (exact) mass is 879 g/mol. The molecule has 0 atom stereocenters. The number of para-hydroxylation sites is 5. The van der Waals surface area contributed by atoms with E-state index in [4.69, 9.17) is 4.42 Å². The van der Waals surface area contributed by atoms with Crippen molar-refractivity contribution in [2.75, 3.05) is 14.7 Å². The predicted molar refractivity (Wildman–Crippen MR) is 285 cm³/mol. The number of anilines is 9. The van der Waals surface area contributed by atoms with Crippen molar-refractivity contribution < 1.29 is 4.42 Å². The fraction of sp³-hybridized carbons (Fsp3) is 0.0154. The minimum atomic E-state index is -0.558. The molecule has 0 saturated carbocycles. The Morgan fingerprint density at radius 1 is 0.348 bits per heavy atom. The van der Waals surface area contributed by atoms with Gasteiger partial charge in [0.1, 0.15) is 5.58 Å². The quantitative estimate of drug-likeness (QED) is 0.166. The van der Waals surface area contributed by atoms with Gasteiger partial charge in [-0.2, -0.15) is 0 Å². The van der Waals surface area contributed by atoms with E-state index in [9.17, 15) is 0 Å². The highest BCUT2D eigenvalue weighted by Crippen LogP contribution is 2.67. The maximum Gasteiger partial charge on any atom is 0.159 e. The molecule has 15 rings (SSSR count). The molecule has 0 N–H and O–H groups in total. The van der Waals surface area contributed by atoms with Gasteiger partial charge in [0.05, 0.1) is 28.2 Å². The standard InChI is InChI=1S/C65H41N3O/c1-4-19-43(20-5-1)66(46-36-39-61-53(40-46)52-29-17-33-59(64(52)69-61)67(44-21-6-2-7-22-44)45-23-8-3-9-24-45)47-35-38-56-60(41-47)68-58-32-15-12-27-50(58)51-28-16-18-42-34-37-57(63(68)62(42)51)65(56)54-30-13-10-25-48(54)49-26-11-14-31-55(49)65/h1-41H. The summed E-state index contributed by atoms with van der Waals surface area (Å²) in [5.41, 5.74) is 21.3. The highest BCUT2D eigenvalue weighted by atomic mass is 16.3. The van der Waals surface area contributed by atoms with Crippen molar-refractivity contribution in [1.82, 2.24) is 0 Å². The summed E-state index contributed by atoms with van der Waals surface area (Å²) in [6, 6.07) is 90.9. The summed E-state index contributed by atoms with van der Waals surface area (Å²) in [6.45, 7) is 0. The van der Waals surface area contributed by atoms with E-state index >= 15 is 0 Å². The van der Waals surface area contributed by atoms with Crippen LogP contribution in [0.15, 0.2) is 253 Å². The summed E-state index contributed by atoms with van der Waals surface area (Å²) >= 11 is 0. The zero-order valence-corrected chi connectivity index (χ0v) is 37.4. The Bertz CT molecular complexity index is 3960. The minimum absolute atomic E-state index is 0.558. The molecule has 11 aromatic carbocycles. The molecule has 4 nitrogen and oxygen atoms in total. The zero-order chi connectivity index (χ0) is 45.2. The van der Waals surface area contributed by atoms with E-state index in [0.717, 1.165) is 56.1 Å². The molecule has 0 unspecified atom stereocenters. The van der Waals surface area contributed by atoms with Crippen molar-refractivity contribution in [2.45, 2.75) is 5.41 Å². The molecule has 1 aromatic heterocycles. The van der Waals surface area contributed by atoms with Crippen LogP contribution in [-0.4, -0.2) is 0 Å². The average Bonchev–Trinajstić information content (AvgIpc) is 3.94. The molecule has 0 amide bonds. The van der Waals surface area contributed by atoms with Gasteiger partial charge in [-0.3, -0.25) is 0 Å². The molecule has 69 heavy (non-hydrogen) atoms. The first-order chi connectivity index (χ1) is 34.3. The lowest BCUT2D eigenvalue weighted by Crippen LogP contribution is -2.37. The molecule has 0 bridgehead atoms. The zero-order valence-electron chi connectivity index (χ0n) is 37.4. The predicted octanol–water partition coefficient (Wildman–Crippen LogP) is 17.8. The Labute approximate surface area is 399 Å². The lowest BCUT2D eigenvalue weighted by molar-refractivity contribution is 0.669. The van der Waals surface area contributed by atoms with E-state index < -0.39 is 5.41 Å². The molecular formula is C65H41N3O. The minimum Gasteiger partial charge on any atom is -0.454 e. The summed E-state index contributed by atoms with van der Waals surface area (Å²) in [6.07, 6.45) is 0. The van der Waals surface area contributed by atoms with Gasteiger partial charge in [-0.25, -0.2) is 0 Å². The van der Waals surface area contributed by atoms with Crippen LogP contribution in [0.3, 0.4) is 0 Å². The third-order valence-corrected chi connectivity index (χ3v) is 14.9. The topological polar surface area (TPSA) is 22.9 Å². The third-order valence-electron chi connectivity index (χ3n) is 14.9. The number of rotatable bonds is 6. The van der Waals surface area contributed by atoms with Gasteiger partial charge >= 0.3 is 0 Å². The molecule has 3 heterocycles. The van der Waals surface area contributed by atoms with Crippen LogP contribution in [0.5, 0.6) is 0 Å². The normalized spacial score (nSPS) is 13.3. The van der Waals surface area contributed by atoms with E-state index in [1.54, 1.807) is 0 Å². The number of fused-ring (bicyclic) bond motifs is 15. The molecule has 1 aliphatic carbocycles. The first-order valence-corrected chi connectivity index (χ1v) is 23.8. The van der Waals surface area contributed by atoms with Crippen molar-refractivity contribution in [1.29, 1.82) is 0 Å². The van der Waals surface area contributed by atoms with Crippen LogP contribution >= 0.6 is 0 Å². The fourth-order valence-electron chi connectivity index (χ4n) is 12.2. The summed E-state index contributed by atoms with van der Waals surface area (Å²) in [7, 11) is 0. The molecule has 3 aliphatic rings. The summed E-state index contributed by atoms with van der Waals surface area (Å²) in [4.78, 5) is 7.27. The Morgan fingerprint density at radius 3 is 1.62 bits per heavy atom. The Hall–Kier alpha value is -9.12.